The van der Waals surface area contributed by atoms with Crippen molar-refractivity contribution in [3.63, 3.8) is 0 Å². The van der Waals surface area contributed by atoms with Crippen LogP contribution < -0.4 is 16.0 Å². The van der Waals surface area contributed by atoms with Crippen LogP contribution in [0.2, 0.25) is 0 Å². The largest absolute Gasteiger partial charge is 0.347 e. The quantitative estimate of drug-likeness (QED) is 0.553. The molecule has 9 heteroatoms. The molecule has 3 heterocycles. The van der Waals surface area contributed by atoms with Crippen LogP contribution in [0.1, 0.15) is 30.5 Å². The predicted octanol–water partition coefficient (Wildman–Crippen LogP) is 2.97. The zero-order valence-corrected chi connectivity index (χ0v) is 17.2. The van der Waals surface area contributed by atoms with Crippen molar-refractivity contribution in [2.75, 3.05) is 11.9 Å². The van der Waals surface area contributed by atoms with Crippen LogP contribution in [-0.2, 0) is 9.59 Å². The SMILES string of the molecule is CC(=O)NCC(=O)N[C@@H](C)c1ncc(-c2cccc(Nc3cc(C)ccn3)n2)s1. The van der Waals surface area contributed by atoms with Crippen molar-refractivity contribution in [3.8, 4) is 10.6 Å². The number of pyridine rings is 2. The van der Waals surface area contributed by atoms with E-state index in [0.29, 0.717) is 5.82 Å². The summed E-state index contributed by atoms with van der Waals surface area (Å²) in [5.74, 6) is 0.909. The maximum absolute atomic E-state index is 11.9. The first kappa shape index (κ1) is 20.4. The number of aromatic nitrogens is 3. The minimum absolute atomic E-state index is 0.0554. The van der Waals surface area contributed by atoms with Crippen molar-refractivity contribution in [2.45, 2.75) is 26.8 Å². The van der Waals surface area contributed by atoms with Gasteiger partial charge in [-0.05, 0) is 43.7 Å². The molecule has 8 nitrogen and oxygen atoms in total. The lowest BCUT2D eigenvalue weighted by Crippen LogP contribution is -2.37. The molecule has 0 saturated heterocycles. The van der Waals surface area contributed by atoms with Crippen LogP contribution in [-0.4, -0.2) is 33.3 Å². The third kappa shape index (κ3) is 5.82. The van der Waals surface area contributed by atoms with Crippen LogP contribution in [0.3, 0.4) is 0 Å². The van der Waals surface area contributed by atoms with Crippen molar-refractivity contribution in [3.05, 3.63) is 53.3 Å². The number of anilines is 2. The summed E-state index contributed by atoms with van der Waals surface area (Å²) in [4.78, 5) is 37.0. The van der Waals surface area contributed by atoms with E-state index in [4.69, 9.17) is 0 Å². The first-order valence-corrected chi connectivity index (χ1v) is 9.89. The summed E-state index contributed by atoms with van der Waals surface area (Å²) in [6.45, 7) is 5.17. The molecule has 2 amide bonds. The van der Waals surface area contributed by atoms with Gasteiger partial charge in [0.2, 0.25) is 11.8 Å². The Morgan fingerprint density at radius 3 is 2.76 bits per heavy atom. The number of thiazole rings is 1. The molecular formula is C20H22N6O2S. The maximum atomic E-state index is 11.9. The van der Waals surface area contributed by atoms with E-state index in [1.807, 2.05) is 44.2 Å². The fourth-order valence-electron chi connectivity index (χ4n) is 2.54. The maximum Gasteiger partial charge on any atom is 0.239 e. The number of carbonyl (C=O) groups is 2. The summed E-state index contributed by atoms with van der Waals surface area (Å²) in [5, 5.41) is 9.26. The lowest BCUT2D eigenvalue weighted by atomic mass is 10.3. The van der Waals surface area contributed by atoms with Gasteiger partial charge in [0.15, 0.2) is 0 Å². The molecule has 1 atom stereocenters. The second kappa shape index (κ2) is 9.24. The van der Waals surface area contributed by atoms with Gasteiger partial charge in [-0.15, -0.1) is 11.3 Å². The third-order valence-corrected chi connectivity index (χ3v) is 5.15. The monoisotopic (exact) mass is 410 g/mol. The van der Waals surface area contributed by atoms with Gasteiger partial charge in [0.25, 0.3) is 0 Å². The number of amides is 2. The summed E-state index contributed by atoms with van der Waals surface area (Å²) in [6.07, 6.45) is 3.49. The van der Waals surface area contributed by atoms with E-state index in [1.165, 1.54) is 18.3 Å². The molecule has 0 aliphatic rings. The number of rotatable bonds is 7. The van der Waals surface area contributed by atoms with E-state index < -0.39 is 0 Å². The average molecular weight is 411 g/mol. The number of hydrogen-bond acceptors (Lipinski definition) is 7. The topological polar surface area (TPSA) is 109 Å². The molecule has 0 bridgehead atoms. The lowest BCUT2D eigenvalue weighted by Gasteiger charge is -2.11. The van der Waals surface area contributed by atoms with E-state index in [1.54, 1.807) is 12.4 Å². The summed E-state index contributed by atoms with van der Waals surface area (Å²) in [7, 11) is 0. The minimum atomic E-state index is -0.271. The summed E-state index contributed by atoms with van der Waals surface area (Å²) in [5.41, 5.74) is 1.89. The molecule has 3 aromatic rings. The molecule has 0 radical (unpaired) electrons. The highest BCUT2D eigenvalue weighted by atomic mass is 32.1. The molecule has 0 unspecified atom stereocenters. The fourth-order valence-corrected chi connectivity index (χ4v) is 3.43. The van der Waals surface area contributed by atoms with E-state index in [2.05, 4.69) is 30.9 Å². The van der Waals surface area contributed by atoms with Crippen LogP contribution in [0.15, 0.2) is 42.7 Å². The Bertz CT molecular complexity index is 1020. The Balaban J connectivity index is 1.68. The van der Waals surface area contributed by atoms with Crippen molar-refractivity contribution >= 4 is 34.8 Å². The van der Waals surface area contributed by atoms with E-state index in [9.17, 15) is 9.59 Å². The van der Waals surface area contributed by atoms with Gasteiger partial charge in [-0.25, -0.2) is 15.0 Å². The van der Waals surface area contributed by atoms with Gasteiger partial charge in [-0.2, -0.15) is 0 Å². The highest BCUT2D eigenvalue weighted by Gasteiger charge is 2.15. The van der Waals surface area contributed by atoms with Crippen LogP contribution in [0.25, 0.3) is 10.6 Å². The highest BCUT2D eigenvalue weighted by Crippen LogP contribution is 2.29. The molecule has 29 heavy (non-hydrogen) atoms. The molecule has 0 aromatic carbocycles. The van der Waals surface area contributed by atoms with Crippen LogP contribution in [0.4, 0.5) is 11.6 Å². The third-order valence-electron chi connectivity index (χ3n) is 3.94. The zero-order valence-electron chi connectivity index (χ0n) is 16.4. The normalized spacial score (nSPS) is 11.6. The summed E-state index contributed by atoms with van der Waals surface area (Å²) >= 11 is 1.46. The van der Waals surface area contributed by atoms with Gasteiger partial charge in [0.05, 0.1) is 23.2 Å². The fraction of sp³-hybridized carbons (Fsp3) is 0.250. The minimum Gasteiger partial charge on any atom is -0.347 e. The Morgan fingerprint density at radius 1 is 1.17 bits per heavy atom. The number of nitrogens with one attached hydrogen (secondary N) is 3. The molecule has 0 fully saturated rings. The van der Waals surface area contributed by atoms with Crippen LogP contribution >= 0.6 is 11.3 Å². The standard InChI is InChI=1S/C20H22N6O2S/c1-12-7-8-21-18(9-12)26-17-6-4-5-15(25-17)16-10-23-20(29-16)13(2)24-19(28)11-22-14(3)27/h4-10,13H,11H2,1-3H3,(H,22,27)(H,24,28)(H,21,25,26)/t13-/m0/s1. The van der Waals surface area contributed by atoms with E-state index in [-0.39, 0.29) is 24.4 Å². The Labute approximate surface area is 172 Å². The molecule has 0 aliphatic carbocycles. The molecule has 3 N–H and O–H groups in total. The summed E-state index contributed by atoms with van der Waals surface area (Å²) in [6, 6.07) is 9.31. The van der Waals surface area contributed by atoms with Gasteiger partial charge in [0, 0.05) is 19.3 Å². The Hall–Kier alpha value is -3.33. The Morgan fingerprint density at radius 2 is 2.00 bits per heavy atom. The van der Waals surface area contributed by atoms with Gasteiger partial charge in [-0.3, -0.25) is 9.59 Å². The van der Waals surface area contributed by atoms with Crippen molar-refractivity contribution in [2.24, 2.45) is 0 Å². The molecule has 3 rings (SSSR count). The van der Waals surface area contributed by atoms with Crippen LogP contribution in [0.5, 0.6) is 0 Å². The molecule has 3 aromatic heterocycles. The number of carbonyl (C=O) groups excluding carboxylic acids is 2. The smallest absolute Gasteiger partial charge is 0.239 e. The van der Waals surface area contributed by atoms with E-state index in [0.717, 1.165) is 27.0 Å². The molecular weight excluding hydrogens is 388 g/mol. The molecule has 0 aliphatic heterocycles. The predicted molar refractivity (Wildman–Crippen MR) is 113 cm³/mol. The first-order valence-electron chi connectivity index (χ1n) is 9.07. The van der Waals surface area contributed by atoms with Gasteiger partial charge >= 0.3 is 0 Å². The number of hydrogen-bond donors (Lipinski definition) is 3. The van der Waals surface area contributed by atoms with E-state index >= 15 is 0 Å². The lowest BCUT2D eigenvalue weighted by molar-refractivity contribution is -0.125. The number of aryl methyl sites for hydroxylation is 1. The highest BCUT2D eigenvalue weighted by molar-refractivity contribution is 7.15. The second-order valence-electron chi connectivity index (χ2n) is 6.51. The van der Waals surface area contributed by atoms with Gasteiger partial charge < -0.3 is 16.0 Å². The van der Waals surface area contributed by atoms with Gasteiger partial charge in [-0.1, -0.05) is 6.07 Å². The van der Waals surface area contributed by atoms with Crippen LogP contribution in [0, 0.1) is 6.92 Å². The van der Waals surface area contributed by atoms with Crippen molar-refractivity contribution in [1.82, 2.24) is 25.6 Å². The molecule has 150 valence electrons. The first-order chi connectivity index (χ1) is 13.9. The second-order valence-corrected chi connectivity index (χ2v) is 7.58. The van der Waals surface area contributed by atoms with Crippen molar-refractivity contribution in [1.29, 1.82) is 0 Å². The van der Waals surface area contributed by atoms with Gasteiger partial charge in [0.1, 0.15) is 16.6 Å². The molecule has 0 saturated carbocycles. The average Bonchev–Trinajstić information content (AvgIpc) is 3.17. The number of nitrogens with zero attached hydrogens (tertiary/aromatic N) is 3. The molecule has 0 spiro atoms. The zero-order chi connectivity index (χ0) is 20.8. The van der Waals surface area contributed by atoms with Crippen molar-refractivity contribution < 1.29 is 9.59 Å². The summed E-state index contributed by atoms with van der Waals surface area (Å²) < 4.78 is 0. The Kier molecular flexibility index (Phi) is 6.50.